The lowest BCUT2D eigenvalue weighted by Crippen LogP contribution is -2.58. The second kappa shape index (κ2) is 6.96. The van der Waals surface area contributed by atoms with Crippen molar-refractivity contribution in [2.24, 2.45) is 5.73 Å². The maximum atomic E-state index is 11.7. The number of imide groups is 2. The van der Waals surface area contributed by atoms with Crippen LogP contribution >= 0.6 is 0 Å². The number of carbonyl (C=O) groups is 4. The Bertz CT molecular complexity index is 425. The number of hydrogen-bond donors (Lipinski definition) is 3. The number of rotatable bonds is 4. The van der Waals surface area contributed by atoms with Gasteiger partial charge in [0.1, 0.15) is 0 Å². The molecule has 1 atom stereocenters. The van der Waals surface area contributed by atoms with Crippen LogP contribution in [-0.2, 0) is 14.4 Å². The lowest BCUT2D eigenvalue weighted by molar-refractivity contribution is -0.153. The van der Waals surface area contributed by atoms with Crippen molar-refractivity contribution >= 4 is 23.8 Å². The summed E-state index contributed by atoms with van der Waals surface area (Å²) in [6, 6.07) is -0.965. The van der Waals surface area contributed by atoms with Gasteiger partial charge in [-0.3, -0.25) is 24.6 Å². The van der Waals surface area contributed by atoms with Gasteiger partial charge >= 0.3 is 17.8 Å². The highest BCUT2D eigenvalue weighted by atomic mass is 16.3. The van der Waals surface area contributed by atoms with Gasteiger partial charge in [0.25, 0.3) is 0 Å². The molecule has 1 heterocycles. The van der Waals surface area contributed by atoms with Crippen molar-refractivity contribution in [3.8, 4) is 0 Å². The van der Waals surface area contributed by atoms with E-state index in [1.54, 1.807) is 6.92 Å². The molecule has 9 nitrogen and oxygen atoms in total. The Morgan fingerprint density at radius 1 is 1.35 bits per heavy atom. The Morgan fingerprint density at radius 2 is 2.00 bits per heavy atom. The summed E-state index contributed by atoms with van der Waals surface area (Å²) in [5.74, 6) is -2.50. The first-order chi connectivity index (χ1) is 9.40. The highest BCUT2D eigenvalue weighted by Gasteiger charge is 2.35. The fourth-order valence-electron chi connectivity index (χ4n) is 1.71. The number of aliphatic hydroxyl groups is 1. The fraction of sp³-hybridized carbons (Fsp3) is 0.636. The van der Waals surface area contributed by atoms with Crippen LogP contribution in [0.1, 0.15) is 13.3 Å². The van der Waals surface area contributed by atoms with Gasteiger partial charge in [0.05, 0.1) is 12.5 Å². The summed E-state index contributed by atoms with van der Waals surface area (Å²) < 4.78 is 0. The number of urea groups is 1. The lowest BCUT2D eigenvalue weighted by Gasteiger charge is -2.31. The predicted octanol–water partition coefficient (Wildman–Crippen LogP) is -2.38. The van der Waals surface area contributed by atoms with Crippen LogP contribution in [0.2, 0.25) is 0 Å². The van der Waals surface area contributed by atoms with E-state index in [0.717, 1.165) is 0 Å². The minimum Gasteiger partial charge on any atom is -0.391 e. The highest BCUT2D eigenvalue weighted by molar-refractivity contribution is 6.38. The molecule has 0 saturated carbocycles. The number of nitrogens with one attached hydrogen (secondary N) is 1. The third kappa shape index (κ3) is 3.75. The predicted molar refractivity (Wildman–Crippen MR) is 67.2 cm³/mol. The average Bonchev–Trinajstić information content (AvgIpc) is 2.41. The monoisotopic (exact) mass is 286 g/mol. The molecule has 1 unspecified atom stereocenters. The Morgan fingerprint density at radius 3 is 2.55 bits per heavy atom. The van der Waals surface area contributed by atoms with Crippen molar-refractivity contribution in [2.45, 2.75) is 19.4 Å². The van der Waals surface area contributed by atoms with Crippen LogP contribution in [-0.4, -0.2) is 70.9 Å². The molecule has 1 aliphatic rings. The molecule has 1 fully saturated rings. The van der Waals surface area contributed by atoms with Crippen LogP contribution in [0.3, 0.4) is 0 Å². The summed E-state index contributed by atoms with van der Waals surface area (Å²) in [5.41, 5.74) is 5.14. The third-order valence-electron chi connectivity index (χ3n) is 2.88. The topological polar surface area (TPSA) is 133 Å². The molecule has 20 heavy (non-hydrogen) atoms. The molecule has 0 aliphatic carbocycles. The van der Waals surface area contributed by atoms with Gasteiger partial charge in [-0.05, 0) is 6.92 Å². The Balaban J connectivity index is 2.58. The average molecular weight is 286 g/mol. The molecule has 0 spiro atoms. The molecular weight excluding hydrogens is 268 g/mol. The zero-order valence-corrected chi connectivity index (χ0v) is 11.2. The number of aliphatic hydroxyl groups excluding tert-OH is 1. The number of nitrogens with two attached hydrogens (primary N) is 1. The van der Waals surface area contributed by atoms with E-state index in [0.29, 0.717) is 11.4 Å². The largest absolute Gasteiger partial charge is 0.391 e. The number of carbonyl (C=O) groups excluding carboxylic acids is 4. The Hall–Kier alpha value is -2.00. The van der Waals surface area contributed by atoms with E-state index in [-0.39, 0.29) is 26.1 Å². The van der Waals surface area contributed by atoms with Crippen molar-refractivity contribution in [1.29, 1.82) is 0 Å². The van der Waals surface area contributed by atoms with Gasteiger partial charge in [0.2, 0.25) is 5.91 Å². The molecule has 4 N–H and O–H groups in total. The first-order valence-corrected chi connectivity index (χ1v) is 6.23. The number of likely N-dealkylation sites (N-methyl/N-ethyl adjacent to an activating group) is 1. The van der Waals surface area contributed by atoms with Crippen LogP contribution in [0, 0.1) is 0 Å². The normalized spacial score (nSPS) is 17.1. The van der Waals surface area contributed by atoms with Crippen LogP contribution in [0.5, 0.6) is 0 Å². The molecular formula is C11H18N4O5. The second-order valence-corrected chi connectivity index (χ2v) is 4.29. The number of amides is 5. The Labute approximate surface area is 115 Å². The van der Waals surface area contributed by atoms with E-state index in [4.69, 9.17) is 5.73 Å². The van der Waals surface area contributed by atoms with Gasteiger partial charge in [-0.25, -0.2) is 4.79 Å². The van der Waals surface area contributed by atoms with Gasteiger partial charge in [0, 0.05) is 26.2 Å². The molecule has 0 aromatic heterocycles. The molecule has 1 aliphatic heterocycles. The molecule has 5 amide bonds. The SMILES string of the molecule is CCN1CCN(C(=O)NC(=O)CC(O)CN)C(=O)C1=O. The van der Waals surface area contributed by atoms with E-state index < -0.39 is 29.9 Å². The smallest absolute Gasteiger partial charge is 0.331 e. The summed E-state index contributed by atoms with van der Waals surface area (Å²) in [5, 5.41) is 11.1. The highest BCUT2D eigenvalue weighted by Crippen LogP contribution is 2.05. The van der Waals surface area contributed by atoms with E-state index in [1.807, 2.05) is 5.32 Å². The molecule has 112 valence electrons. The summed E-state index contributed by atoms with van der Waals surface area (Å²) in [4.78, 5) is 48.4. The molecule has 0 aromatic rings. The summed E-state index contributed by atoms with van der Waals surface area (Å²) in [6.45, 7) is 2.24. The van der Waals surface area contributed by atoms with Gasteiger partial charge in [0.15, 0.2) is 0 Å². The summed E-state index contributed by atoms with van der Waals surface area (Å²) in [6.07, 6.45) is -1.41. The van der Waals surface area contributed by atoms with Gasteiger partial charge in [-0.15, -0.1) is 0 Å². The van der Waals surface area contributed by atoms with Crippen LogP contribution in [0.15, 0.2) is 0 Å². The summed E-state index contributed by atoms with van der Waals surface area (Å²) >= 11 is 0. The maximum absolute atomic E-state index is 11.7. The van der Waals surface area contributed by atoms with Crippen molar-refractivity contribution in [2.75, 3.05) is 26.2 Å². The van der Waals surface area contributed by atoms with Crippen LogP contribution in [0.4, 0.5) is 4.79 Å². The molecule has 0 bridgehead atoms. The summed E-state index contributed by atoms with van der Waals surface area (Å²) in [7, 11) is 0. The van der Waals surface area contributed by atoms with Crippen molar-refractivity contribution < 1.29 is 24.3 Å². The minimum atomic E-state index is -1.06. The lowest BCUT2D eigenvalue weighted by atomic mass is 10.2. The van der Waals surface area contributed by atoms with Gasteiger partial charge in [-0.1, -0.05) is 0 Å². The van der Waals surface area contributed by atoms with E-state index in [2.05, 4.69) is 0 Å². The van der Waals surface area contributed by atoms with Crippen LogP contribution < -0.4 is 11.1 Å². The standard InChI is InChI=1S/C11H18N4O5/c1-2-14-3-4-15(10(19)9(14)18)11(20)13-8(17)5-7(16)6-12/h7,16H,2-6,12H2,1H3,(H,13,17,20). The Kier molecular flexibility index (Phi) is 5.59. The van der Waals surface area contributed by atoms with E-state index >= 15 is 0 Å². The van der Waals surface area contributed by atoms with Crippen molar-refractivity contribution in [3.63, 3.8) is 0 Å². The second-order valence-electron chi connectivity index (χ2n) is 4.29. The van der Waals surface area contributed by atoms with Crippen molar-refractivity contribution in [1.82, 2.24) is 15.1 Å². The number of hydrogen-bond acceptors (Lipinski definition) is 6. The number of piperazine rings is 1. The van der Waals surface area contributed by atoms with E-state index in [9.17, 15) is 24.3 Å². The first-order valence-electron chi connectivity index (χ1n) is 6.23. The minimum absolute atomic E-state index is 0.0248. The van der Waals surface area contributed by atoms with E-state index in [1.165, 1.54) is 4.90 Å². The zero-order chi connectivity index (χ0) is 15.3. The zero-order valence-electron chi connectivity index (χ0n) is 11.2. The number of nitrogens with zero attached hydrogens (tertiary/aromatic N) is 2. The molecule has 1 saturated heterocycles. The molecule has 0 aromatic carbocycles. The van der Waals surface area contributed by atoms with Gasteiger partial charge < -0.3 is 15.7 Å². The van der Waals surface area contributed by atoms with Gasteiger partial charge in [-0.2, -0.15) is 0 Å². The third-order valence-corrected chi connectivity index (χ3v) is 2.88. The first kappa shape index (κ1) is 16.1. The van der Waals surface area contributed by atoms with Crippen LogP contribution in [0.25, 0.3) is 0 Å². The quantitative estimate of drug-likeness (QED) is 0.494. The maximum Gasteiger partial charge on any atom is 0.331 e. The molecule has 1 rings (SSSR count). The molecule has 9 heteroatoms. The van der Waals surface area contributed by atoms with Crippen molar-refractivity contribution in [3.05, 3.63) is 0 Å². The fourth-order valence-corrected chi connectivity index (χ4v) is 1.71. The molecule has 0 radical (unpaired) electrons.